The normalized spacial score (nSPS) is 17.3. The van der Waals surface area contributed by atoms with E-state index in [9.17, 15) is 4.79 Å². The lowest BCUT2D eigenvalue weighted by atomic mass is 10.2. The third-order valence-corrected chi connectivity index (χ3v) is 6.06. The summed E-state index contributed by atoms with van der Waals surface area (Å²) in [6, 6.07) is 4.02. The molecule has 130 valence electrons. The van der Waals surface area contributed by atoms with Crippen molar-refractivity contribution in [1.82, 2.24) is 14.9 Å². The van der Waals surface area contributed by atoms with Crippen LogP contribution < -0.4 is 5.32 Å². The Labute approximate surface area is 150 Å². The molecule has 0 aliphatic carbocycles. The van der Waals surface area contributed by atoms with E-state index in [1.807, 2.05) is 24.4 Å². The SMILES string of the molecule is Cc1nc(SCC(=O)NCc2cccs2)n(C[C@@H]2CCCO2)c1C. The second-order valence-electron chi connectivity index (χ2n) is 5.96. The molecule has 0 aromatic carbocycles. The van der Waals surface area contributed by atoms with Crippen LogP contribution in [0.1, 0.15) is 29.1 Å². The van der Waals surface area contributed by atoms with E-state index in [1.54, 1.807) is 11.3 Å². The lowest BCUT2D eigenvalue weighted by Gasteiger charge is -2.14. The van der Waals surface area contributed by atoms with Gasteiger partial charge in [0.15, 0.2) is 5.16 Å². The molecule has 1 amide bonds. The van der Waals surface area contributed by atoms with Crippen LogP contribution >= 0.6 is 23.1 Å². The Bertz CT molecular complexity index is 676. The highest BCUT2D eigenvalue weighted by molar-refractivity contribution is 7.99. The first-order valence-electron chi connectivity index (χ1n) is 8.20. The van der Waals surface area contributed by atoms with Crippen molar-refractivity contribution >= 4 is 29.0 Å². The van der Waals surface area contributed by atoms with Gasteiger partial charge in [-0.05, 0) is 38.1 Å². The topological polar surface area (TPSA) is 56.2 Å². The number of carbonyl (C=O) groups excluding carboxylic acids is 1. The lowest BCUT2D eigenvalue weighted by molar-refractivity contribution is -0.118. The van der Waals surface area contributed by atoms with Gasteiger partial charge in [-0.25, -0.2) is 4.98 Å². The van der Waals surface area contributed by atoms with Crippen molar-refractivity contribution in [3.63, 3.8) is 0 Å². The number of hydrogen-bond acceptors (Lipinski definition) is 5. The quantitative estimate of drug-likeness (QED) is 0.766. The molecule has 0 bridgehead atoms. The van der Waals surface area contributed by atoms with Crippen LogP contribution in [0.25, 0.3) is 0 Å². The molecule has 3 heterocycles. The third-order valence-electron chi connectivity index (χ3n) is 4.21. The van der Waals surface area contributed by atoms with Crippen LogP contribution in [0.4, 0.5) is 0 Å². The number of aryl methyl sites for hydroxylation is 1. The molecule has 5 nitrogen and oxygen atoms in total. The molecule has 1 saturated heterocycles. The number of ether oxygens (including phenoxy) is 1. The summed E-state index contributed by atoms with van der Waals surface area (Å²) in [5.74, 6) is 0.419. The van der Waals surface area contributed by atoms with Crippen LogP contribution in [0.5, 0.6) is 0 Å². The van der Waals surface area contributed by atoms with Gasteiger partial charge in [-0.1, -0.05) is 17.8 Å². The van der Waals surface area contributed by atoms with Gasteiger partial charge in [-0.15, -0.1) is 11.3 Å². The van der Waals surface area contributed by atoms with Crippen molar-refractivity contribution in [2.24, 2.45) is 0 Å². The van der Waals surface area contributed by atoms with Crippen molar-refractivity contribution in [2.75, 3.05) is 12.4 Å². The van der Waals surface area contributed by atoms with Crippen LogP contribution in [-0.4, -0.2) is 33.9 Å². The standard InChI is InChI=1S/C17H23N3O2S2/c1-12-13(2)20(10-14-5-3-7-22-14)17(19-12)24-11-16(21)18-9-15-6-4-8-23-15/h4,6,8,14H,3,5,7,9-11H2,1-2H3,(H,18,21)/t14-/m0/s1. The molecule has 24 heavy (non-hydrogen) atoms. The summed E-state index contributed by atoms with van der Waals surface area (Å²) in [6.07, 6.45) is 2.50. The van der Waals surface area contributed by atoms with Gasteiger partial charge in [0.25, 0.3) is 0 Å². The third kappa shape index (κ3) is 4.40. The molecule has 1 aliphatic rings. The predicted molar refractivity (Wildman–Crippen MR) is 97.6 cm³/mol. The van der Waals surface area contributed by atoms with E-state index in [0.29, 0.717) is 12.3 Å². The van der Waals surface area contributed by atoms with Crippen molar-refractivity contribution in [3.8, 4) is 0 Å². The number of thiophene rings is 1. The molecular weight excluding hydrogens is 342 g/mol. The predicted octanol–water partition coefficient (Wildman–Crippen LogP) is 3.15. The fraction of sp³-hybridized carbons (Fsp3) is 0.529. The van der Waals surface area contributed by atoms with E-state index in [2.05, 4.69) is 21.8 Å². The zero-order chi connectivity index (χ0) is 16.9. The van der Waals surface area contributed by atoms with E-state index >= 15 is 0 Å². The van der Waals surface area contributed by atoms with Crippen LogP contribution in [-0.2, 0) is 22.6 Å². The van der Waals surface area contributed by atoms with Crippen molar-refractivity contribution < 1.29 is 9.53 Å². The first kappa shape index (κ1) is 17.5. The molecule has 1 aliphatic heterocycles. The second kappa shape index (κ2) is 8.18. The summed E-state index contributed by atoms with van der Waals surface area (Å²) in [6.45, 7) is 6.37. The minimum Gasteiger partial charge on any atom is -0.376 e. The maximum absolute atomic E-state index is 12.1. The highest BCUT2D eigenvalue weighted by Gasteiger charge is 2.20. The average molecular weight is 366 g/mol. The Morgan fingerprint density at radius 3 is 3.12 bits per heavy atom. The van der Waals surface area contributed by atoms with Crippen LogP contribution in [0.3, 0.4) is 0 Å². The maximum Gasteiger partial charge on any atom is 0.230 e. The lowest BCUT2D eigenvalue weighted by Crippen LogP contribution is -2.24. The molecular formula is C17H23N3O2S2. The monoisotopic (exact) mass is 365 g/mol. The van der Waals surface area contributed by atoms with Crippen molar-refractivity contribution in [2.45, 2.75) is 51.0 Å². The Balaban J connectivity index is 1.55. The number of aromatic nitrogens is 2. The Morgan fingerprint density at radius 2 is 2.42 bits per heavy atom. The van der Waals surface area contributed by atoms with Gasteiger partial charge in [0.1, 0.15) is 0 Å². The highest BCUT2D eigenvalue weighted by Crippen LogP contribution is 2.24. The molecule has 1 fully saturated rings. The van der Waals surface area contributed by atoms with Gasteiger partial charge in [-0.3, -0.25) is 4.79 Å². The van der Waals surface area contributed by atoms with E-state index in [1.165, 1.54) is 16.6 Å². The fourth-order valence-electron chi connectivity index (χ4n) is 2.72. The number of hydrogen-bond donors (Lipinski definition) is 1. The summed E-state index contributed by atoms with van der Waals surface area (Å²) in [7, 11) is 0. The molecule has 0 unspecified atom stereocenters. The molecule has 0 radical (unpaired) electrons. The molecule has 2 aromatic rings. The fourth-order valence-corrected chi connectivity index (χ4v) is 4.30. The minimum atomic E-state index is 0.0374. The van der Waals surface area contributed by atoms with Gasteiger partial charge in [0, 0.05) is 17.2 Å². The molecule has 3 rings (SSSR count). The summed E-state index contributed by atoms with van der Waals surface area (Å²) in [5, 5.41) is 5.88. The number of carbonyl (C=O) groups is 1. The van der Waals surface area contributed by atoms with Crippen LogP contribution in [0, 0.1) is 13.8 Å². The molecule has 7 heteroatoms. The van der Waals surface area contributed by atoms with Gasteiger partial charge in [0.05, 0.1) is 30.6 Å². The summed E-state index contributed by atoms with van der Waals surface area (Å²) >= 11 is 3.15. The Kier molecular flexibility index (Phi) is 5.97. The summed E-state index contributed by atoms with van der Waals surface area (Å²) in [5.41, 5.74) is 2.18. The number of nitrogens with one attached hydrogen (secondary N) is 1. The highest BCUT2D eigenvalue weighted by atomic mass is 32.2. The minimum absolute atomic E-state index is 0.0374. The molecule has 0 saturated carbocycles. The van der Waals surface area contributed by atoms with Gasteiger partial charge < -0.3 is 14.6 Å². The molecule has 1 atom stereocenters. The summed E-state index contributed by atoms with van der Waals surface area (Å²) < 4.78 is 7.94. The van der Waals surface area contributed by atoms with Gasteiger partial charge in [0.2, 0.25) is 5.91 Å². The average Bonchev–Trinajstić information content (AvgIpc) is 3.30. The van der Waals surface area contributed by atoms with E-state index < -0.39 is 0 Å². The van der Waals surface area contributed by atoms with Crippen LogP contribution in [0.15, 0.2) is 22.7 Å². The summed E-state index contributed by atoms with van der Waals surface area (Å²) in [4.78, 5) is 17.9. The van der Waals surface area contributed by atoms with Crippen molar-refractivity contribution in [3.05, 3.63) is 33.8 Å². The number of imidazole rings is 1. The number of thioether (sulfide) groups is 1. The first-order chi connectivity index (χ1) is 11.6. The zero-order valence-electron chi connectivity index (χ0n) is 14.1. The Hall–Kier alpha value is -1.31. The number of nitrogens with zero attached hydrogens (tertiary/aromatic N) is 2. The first-order valence-corrected chi connectivity index (χ1v) is 10.1. The smallest absolute Gasteiger partial charge is 0.230 e. The molecule has 2 aromatic heterocycles. The number of rotatable bonds is 7. The van der Waals surface area contributed by atoms with E-state index in [-0.39, 0.29) is 12.0 Å². The van der Waals surface area contributed by atoms with Gasteiger partial charge in [-0.2, -0.15) is 0 Å². The second-order valence-corrected chi connectivity index (χ2v) is 7.93. The van der Waals surface area contributed by atoms with Crippen molar-refractivity contribution in [1.29, 1.82) is 0 Å². The molecule has 0 spiro atoms. The maximum atomic E-state index is 12.1. The van der Waals surface area contributed by atoms with E-state index in [4.69, 9.17) is 4.74 Å². The number of amides is 1. The van der Waals surface area contributed by atoms with Crippen LogP contribution in [0.2, 0.25) is 0 Å². The zero-order valence-corrected chi connectivity index (χ0v) is 15.7. The van der Waals surface area contributed by atoms with Gasteiger partial charge >= 0.3 is 0 Å². The Morgan fingerprint density at radius 1 is 1.54 bits per heavy atom. The van der Waals surface area contributed by atoms with E-state index in [0.717, 1.165) is 42.5 Å². The largest absolute Gasteiger partial charge is 0.376 e. The molecule has 1 N–H and O–H groups in total.